The number of aliphatic carboxylic acids is 1. The van der Waals surface area contributed by atoms with Gasteiger partial charge in [0.1, 0.15) is 16.9 Å². The van der Waals surface area contributed by atoms with E-state index in [-0.39, 0.29) is 5.78 Å². The predicted molar refractivity (Wildman–Crippen MR) is 74.7 cm³/mol. The Morgan fingerprint density at radius 3 is 2.65 bits per heavy atom. The molecule has 0 bridgehead atoms. The third-order valence-corrected chi connectivity index (χ3v) is 3.96. The number of carbonyl (C=O) groups is 2. The van der Waals surface area contributed by atoms with Crippen molar-refractivity contribution in [1.29, 1.82) is 0 Å². The number of carboxylic acids is 1. The van der Waals surface area contributed by atoms with Gasteiger partial charge < -0.3 is 9.84 Å². The van der Waals surface area contributed by atoms with E-state index in [0.29, 0.717) is 32.3 Å². The van der Waals surface area contributed by atoms with Crippen LogP contribution < -0.4 is 4.74 Å². The van der Waals surface area contributed by atoms with E-state index < -0.39 is 11.4 Å². The normalized spacial score (nSPS) is 22.5. The minimum absolute atomic E-state index is 0.115. The Hall–Kier alpha value is -1.84. The second kappa shape index (κ2) is 6.55. The van der Waals surface area contributed by atoms with E-state index in [1.54, 1.807) is 0 Å². The second-order valence-corrected chi connectivity index (χ2v) is 5.28. The van der Waals surface area contributed by atoms with Crippen molar-refractivity contribution in [3.63, 3.8) is 0 Å². The molecule has 0 aromatic heterocycles. The highest BCUT2D eigenvalue weighted by atomic mass is 16.5. The molecule has 1 atom stereocenters. The van der Waals surface area contributed by atoms with Crippen LogP contribution in [-0.2, 0) is 9.59 Å². The predicted octanol–water partition coefficient (Wildman–Crippen LogP) is 3.06. The summed E-state index contributed by atoms with van der Waals surface area (Å²) in [4.78, 5) is 23.5. The summed E-state index contributed by atoms with van der Waals surface area (Å²) in [7, 11) is 0. The average molecular weight is 276 g/mol. The summed E-state index contributed by atoms with van der Waals surface area (Å²) in [5, 5.41) is 9.41. The number of Topliss-reactive ketones (excluding diaryl/α,β-unsaturated/α-hetero) is 1. The van der Waals surface area contributed by atoms with Crippen LogP contribution in [0.2, 0.25) is 0 Å². The molecule has 0 radical (unpaired) electrons. The van der Waals surface area contributed by atoms with Gasteiger partial charge in [-0.25, -0.2) is 0 Å². The van der Waals surface area contributed by atoms with Crippen molar-refractivity contribution in [2.75, 3.05) is 6.61 Å². The van der Waals surface area contributed by atoms with Crippen molar-refractivity contribution in [3.8, 4) is 5.75 Å². The van der Waals surface area contributed by atoms with Crippen molar-refractivity contribution < 1.29 is 19.4 Å². The summed E-state index contributed by atoms with van der Waals surface area (Å²) < 4.78 is 5.55. The molecule has 108 valence electrons. The summed E-state index contributed by atoms with van der Waals surface area (Å²) in [5.41, 5.74) is -1.17. The van der Waals surface area contributed by atoms with Crippen LogP contribution >= 0.6 is 0 Å². The lowest BCUT2D eigenvalue weighted by Gasteiger charge is -2.31. The Morgan fingerprint density at radius 2 is 2.00 bits per heavy atom. The van der Waals surface area contributed by atoms with Crippen LogP contribution in [0.5, 0.6) is 5.75 Å². The Balaban J connectivity index is 1.87. The number of para-hydroxylation sites is 1. The summed E-state index contributed by atoms with van der Waals surface area (Å²) in [6.07, 6.45) is 3.44. The number of hydrogen-bond acceptors (Lipinski definition) is 3. The average Bonchev–Trinajstić information content (AvgIpc) is 2.46. The van der Waals surface area contributed by atoms with Gasteiger partial charge in [-0.1, -0.05) is 24.6 Å². The molecule has 20 heavy (non-hydrogen) atoms. The maximum Gasteiger partial charge on any atom is 0.317 e. The van der Waals surface area contributed by atoms with Gasteiger partial charge in [0.2, 0.25) is 0 Å². The Bertz CT molecular complexity index is 469. The molecule has 0 amide bonds. The summed E-state index contributed by atoms with van der Waals surface area (Å²) in [6, 6.07) is 9.40. The molecule has 1 aliphatic rings. The number of carbonyl (C=O) groups excluding carboxylic acids is 1. The monoisotopic (exact) mass is 276 g/mol. The molecule has 1 saturated carbocycles. The molecule has 1 unspecified atom stereocenters. The van der Waals surface area contributed by atoms with E-state index in [1.165, 1.54) is 0 Å². The van der Waals surface area contributed by atoms with Crippen LogP contribution in [0.4, 0.5) is 0 Å². The smallest absolute Gasteiger partial charge is 0.317 e. The van der Waals surface area contributed by atoms with E-state index in [1.807, 2.05) is 30.3 Å². The molecule has 1 aromatic rings. The maximum absolute atomic E-state index is 12.0. The fraction of sp³-hybridized carbons (Fsp3) is 0.500. The van der Waals surface area contributed by atoms with Crippen LogP contribution in [-0.4, -0.2) is 23.5 Å². The minimum Gasteiger partial charge on any atom is -0.494 e. The van der Waals surface area contributed by atoms with Crippen molar-refractivity contribution in [1.82, 2.24) is 0 Å². The van der Waals surface area contributed by atoms with Gasteiger partial charge in [-0.2, -0.15) is 0 Å². The molecule has 1 aliphatic carbocycles. The van der Waals surface area contributed by atoms with Crippen LogP contribution in [0.3, 0.4) is 0 Å². The van der Waals surface area contributed by atoms with Crippen molar-refractivity contribution >= 4 is 11.8 Å². The largest absolute Gasteiger partial charge is 0.494 e. The molecule has 4 heteroatoms. The minimum atomic E-state index is -1.17. The van der Waals surface area contributed by atoms with E-state index in [4.69, 9.17) is 4.74 Å². The first-order valence-electron chi connectivity index (χ1n) is 7.10. The molecule has 0 heterocycles. The van der Waals surface area contributed by atoms with Crippen molar-refractivity contribution in [3.05, 3.63) is 30.3 Å². The van der Waals surface area contributed by atoms with Gasteiger partial charge >= 0.3 is 5.97 Å². The molecular formula is C16H20O4. The van der Waals surface area contributed by atoms with E-state index in [0.717, 1.165) is 18.6 Å². The van der Waals surface area contributed by atoms with Gasteiger partial charge in [-0.15, -0.1) is 0 Å². The fourth-order valence-electron chi connectivity index (χ4n) is 2.77. The molecule has 4 nitrogen and oxygen atoms in total. The summed E-state index contributed by atoms with van der Waals surface area (Å²) >= 11 is 0. The molecule has 0 saturated heterocycles. The van der Waals surface area contributed by atoms with Crippen LogP contribution in [0, 0.1) is 5.41 Å². The highest BCUT2D eigenvalue weighted by molar-refractivity contribution is 6.03. The first-order chi connectivity index (χ1) is 9.65. The molecule has 1 fully saturated rings. The lowest BCUT2D eigenvalue weighted by molar-refractivity contribution is -0.157. The Labute approximate surface area is 118 Å². The molecular weight excluding hydrogens is 256 g/mol. The van der Waals surface area contributed by atoms with Crippen LogP contribution in [0.1, 0.15) is 38.5 Å². The number of hydrogen-bond donors (Lipinski definition) is 1. The topological polar surface area (TPSA) is 63.6 Å². The van der Waals surface area contributed by atoms with E-state index >= 15 is 0 Å². The SMILES string of the molecule is O=C(O)C1(CCCOc2ccccc2)CCCCC1=O. The maximum atomic E-state index is 12.0. The lowest BCUT2D eigenvalue weighted by Crippen LogP contribution is -2.41. The number of benzene rings is 1. The van der Waals surface area contributed by atoms with Gasteiger partial charge in [-0.3, -0.25) is 9.59 Å². The molecule has 0 aliphatic heterocycles. The van der Waals surface area contributed by atoms with Crippen molar-refractivity contribution in [2.24, 2.45) is 5.41 Å². The number of rotatable bonds is 6. The first-order valence-corrected chi connectivity index (χ1v) is 7.10. The van der Waals surface area contributed by atoms with Gasteiger partial charge in [0, 0.05) is 6.42 Å². The lowest BCUT2D eigenvalue weighted by atomic mass is 9.70. The Morgan fingerprint density at radius 1 is 1.25 bits per heavy atom. The van der Waals surface area contributed by atoms with Crippen LogP contribution in [0.15, 0.2) is 30.3 Å². The standard InChI is InChI=1S/C16H20O4/c17-14-9-4-5-10-16(14,15(18)19)11-6-12-20-13-7-2-1-3-8-13/h1-3,7-8H,4-6,9-12H2,(H,18,19). The van der Waals surface area contributed by atoms with Gasteiger partial charge in [0.25, 0.3) is 0 Å². The Kier molecular flexibility index (Phi) is 4.77. The van der Waals surface area contributed by atoms with Gasteiger partial charge in [0.15, 0.2) is 0 Å². The highest BCUT2D eigenvalue weighted by Crippen LogP contribution is 2.37. The van der Waals surface area contributed by atoms with Crippen LogP contribution in [0.25, 0.3) is 0 Å². The first kappa shape index (κ1) is 14.6. The van der Waals surface area contributed by atoms with E-state index in [2.05, 4.69) is 0 Å². The summed E-state index contributed by atoms with van der Waals surface area (Å²) in [6.45, 7) is 0.437. The highest BCUT2D eigenvalue weighted by Gasteiger charge is 2.46. The third-order valence-electron chi connectivity index (χ3n) is 3.96. The number of ether oxygens (including phenoxy) is 1. The number of carboxylic acid groups (broad SMARTS) is 1. The quantitative estimate of drug-likeness (QED) is 0.640. The molecule has 1 aromatic carbocycles. The molecule has 1 N–H and O–H groups in total. The third kappa shape index (κ3) is 3.18. The van der Waals surface area contributed by atoms with Gasteiger partial charge in [0.05, 0.1) is 6.61 Å². The molecule has 2 rings (SSSR count). The fourth-order valence-corrected chi connectivity index (χ4v) is 2.77. The second-order valence-electron chi connectivity index (χ2n) is 5.28. The zero-order valence-corrected chi connectivity index (χ0v) is 11.5. The zero-order chi connectivity index (χ0) is 14.4. The summed E-state index contributed by atoms with van der Waals surface area (Å²) in [5.74, 6) is -0.315. The van der Waals surface area contributed by atoms with Gasteiger partial charge in [-0.05, 0) is 37.8 Å². The number of ketones is 1. The van der Waals surface area contributed by atoms with Crippen molar-refractivity contribution in [2.45, 2.75) is 38.5 Å². The van der Waals surface area contributed by atoms with E-state index in [9.17, 15) is 14.7 Å². The zero-order valence-electron chi connectivity index (χ0n) is 11.5. The molecule has 0 spiro atoms.